The topological polar surface area (TPSA) is 85.8 Å². The van der Waals surface area contributed by atoms with Crippen molar-refractivity contribution in [3.63, 3.8) is 0 Å². The first-order valence-corrected chi connectivity index (χ1v) is 6.05. The number of halogens is 1. The van der Waals surface area contributed by atoms with Crippen molar-refractivity contribution in [1.29, 1.82) is 0 Å². The average molecular weight is 347 g/mol. The molecule has 2 aromatic rings. The van der Waals surface area contributed by atoms with Crippen LogP contribution in [0.5, 0.6) is 0 Å². The highest BCUT2D eigenvalue weighted by atomic mass is 127. The van der Waals surface area contributed by atoms with Crippen LogP contribution in [0.1, 0.15) is 23.4 Å². The van der Waals surface area contributed by atoms with Crippen LogP contribution in [0.2, 0.25) is 0 Å². The first-order valence-electron chi connectivity index (χ1n) is 4.97. The molecule has 0 atom stereocenters. The highest BCUT2D eigenvalue weighted by Gasteiger charge is 2.14. The van der Waals surface area contributed by atoms with Gasteiger partial charge in [-0.2, -0.15) is 10.1 Å². The molecule has 0 saturated heterocycles. The highest BCUT2D eigenvalue weighted by molar-refractivity contribution is 14.1. The maximum Gasteiger partial charge on any atom is 0.316 e. The predicted octanol–water partition coefficient (Wildman–Crippen LogP) is 0.669. The van der Waals surface area contributed by atoms with Gasteiger partial charge in [-0.1, -0.05) is 5.16 Å². The maximum atomic E-state index is 11.4. The third-order valence-corrected chi connectivity index (χ3v) is 2.46. The second-order valence-electron chi connectivity index (χ2n) is 3.23. The predicted molar refractivity (Wildman–Crippen MR) is 66.4 cm³/mol. The minimum atomic E-state index is -0.360. The van der Waals surface area contributed by atoms with Crippen LogP contribution in [-0.2, 0) is 6.54 Å². The van der Waals surface area contributed by atoms with Gasteiger partial charge in [0.25, 0.3) is 0 Å². The molecule has 7 nitrogen and oxygen atoms in total. The molecule has 2 rings (SSSR count). The summed E-state index contributed by atoms with van der Waals surface area (Å²) in [6, 6.07) is 0. The normalized spacial score (nSPS) is 10.5. The van der Waals surface area contributed by atoms with Crippen LogP contribution in [0, 0.1) is 3.57 Å². The van der Waals surface area contributed by atoms with E-state index in [-0.39, 0.29) is 11.8 Å². The van der Waals surface area contributed by atoms with E-state index in [1.165, 1.54) is 0 Å². The molecule has 0 aliphatic carbocycles. The van der Waals surface area contributed by atoms with Crippen molar-refractivity contribution in [1.82, 2.24) is 25.2 Å². The molecule has 1 amide bonds. The summed E-state index contributed by atoms with van der Waals surface area (Å²) in [6.07, 6.45) is 3.58. The average Bonchev–Trinajstić information content (AvgIpc) is 2.89. The first-order chi connectivity index (χ1) is 8.19. The van der Waals surface area contributed by atoms with Gasteiger partial charge in [0.15, 0.2) is 5.82 Å². The second kappa shape index (κ2) is 5.25. The van der Waals surface area contributed by atoms with Gasteiger partial charge in [-0.3, -0.25) is 9.48 Å². The van der Waals surface area contributed by atoms with Gasteiger partial charge in [-0.05, 0) is 29.5 Å². The van der Waals surface area contributed by atoms with E-state index in [2.05, 4.69) is 43.1 Å². The zero-order chi connectivity index (χ0) is 12.3. The summed E-state index contributed by atoms with van der Waals surface area (Å²) in [5, 5.41) is 10.4. The molecule has 0 saturated carbocycles. The second-order valence-corrected chi connectivity index (χ2v) is 4.48. The summed E-state index contributed by atoms with van der Waals surface area (Å²) in [5.41, 5.74) is 0. The lowest BCUT2D eigenvalue weighted by Crippen LogP contribution is -2.23. The van der Waals surface area contributed by atoms with Crippen LogP contribution in [-0.4, -0.2) is 32.4 Å². The summed E-state index contributed by atoms with van der Waals surface area (Å²) >= 11 is 2.16. The van der Waals surface area contributed by atoms with Gasteiger partial charge in [0.1, 0.15) is 6.54 Å². The Morgan fingerprint density at radius 3 is 3.12 bits per heavy atom. The van der Waals surface area contributed by atoms with Gasteiger partial charge in [0.2, 0.25) is 0 Å². The Morgan fingerprint density at radius 2 is 2.47 bits per heavy atom. The van der Waals surface area contributed by atoms with E-state index in [0.717, 1.165) is 3.57 Å². The van der Waals surface area contributed by atoms with E-state index in [4.69, 9.17) is 4.52 Å². The Morgan fingerprint density at radius 1 is 1.65 bits per heavy atom. The number of nitrogens with one attached hydrogen (secondary N) is 1. The maximum absolute atomic E-state index is 11.4. The smallest absolute Gasteiger partial charge is 0.316 e. The number of rotatable bonds is 4. The quantitative estimate of drug-likeness (QED) is 0.822. The van der Waals surface area contributed by atoms with Crippen molar-refractivity contribution in [2.45, 2.75) is 13.5 Å². The lowest BCUT2D eigenvalue weighted by atomic mass is 10.5. The van der Waals surface area contributed by atoms with Crippen LogP contribution >= 0.6 is 22.6 Å². The lowest BCUT2D eigenvalue weighted by Gasteiger charge is -1.94. The number of amides is 1. The molecule has 90 valence electrons. The zero-order valence-electron chi connectivity index (χ0n) is 9.05. The van der Waals surface area contributed by atoms with E-state index in [0.29, 0.717) is 18.9 Å². The van der Waals surface area contributed by atoms with Gasteiger partial charge < -0.3 is 9.84 Å². The van der Waals surface area contributed by atoms with Crippen molar-refractivity contribution in [3.05, 3.63) is 27.7 Å². The molecule has 0 fully saturated rings. The molecule has 0 radical (unpaired) electrons. The van der Waals surface area contributed by atoms with Crippen molar-refractivity contribution in [2.24, 2.45) is 0 Å². The SMILES string of the molecule is CCNC(=O)c1nc(Cn2cc(I)cn2)no1. The Bertz CT molecular complexity index is 521. The summed E-state index contributed by atoms with van der Waals surface area (Å²) in [6.45, 7) is 2.72. The molecule has 0 bridgehead atoms. The van der Waals surface area contributed by atoms with Crippen molar-refractivity contribution in [3.8, 4) is 0 Å². The molecule has 0 unspecified atom stereocenters. The lowest BCUT2D eigenvalue weighted by molar-refractivity contribution is 0.0912. The number of carbonyl (C=O) groups is 1. The molecule has 1 N–H and O–H groups in total. The van der Waals surface area contributed by atoms with Crippen molar-refractivity contribution < 1.29 is 9.32 Å². The Hall–Kier alpha value is -1.45. The minimum Gasteiger partial charge on any atom is -0.348 e. The third kappa shape index (κ3) is 3.02. The summed E-state index contributed by atoms with van der Waals surface area (Å²) in [5.74, 6) is 0.0377. The van der Waals surface area contributed by atoms with E-state index >= 15 is 0 Å². The van der Waals surface area contributed by atoms with Crippen LogP contribution in [0.15, 0.2) is 16.9 Å². The highest BCUT2D eigenvalue weighted by Crippen LogP contribution is 2.04. The monoisotopic (exact) mass is 347 g/mol. The fraction of sp³-hybridized carbons (Fsp3) is 0.333. The Labute approximate surface area is 111 Å². The van der Waals surface area contributed by atoms with Crippen molar-refractivity contribution in [2.75, 3.05) is 6.54 Å². The molecule has 0 aliphatic heterocycles. The van der Waals surface area contributed by atoms with Crippen LogP contribution in [0.3, 0.4) is 0 Å². The molecule has 8 heteroatoms. The van der Waals surface area contributed by atoms with E-state index in [1.807, 2.05) is 13.1 Å². The van der Waals surface area contributed by atoms with Crippen LogP contribution in [0.4, 0.5) is 0 Å². The standard InChI is InChI=1S/C9H10IN5O2/c1-2-11-8(16)9-13-7(14-17-9)5-15-4-6(10)3-12-15/h3-4H,2,5H2,1H3,(H,11,16). The zero-order valence-corrected chi connectivity index (χ0v) is 11.2. The molecule has 0 spiro atoms. The van der Waals surface area contributed by atoms with Gasteiger partial charge >= 0.3 is 11.8 Å². The van der Waals surface area contributed by atoms with E-state index in [9.17, 15) is 4.79 Å². The minimum absolute atomic E-state index is 0.0243. The first kappa shape index (κ1) is 12.0. The van der Waals surface area contributed by atoms with Gasteiger partial charge in [-0.15, -0.1) is 0 Å². The van der Waals surface area contributed by atoms with E-state index in [1.54, 1.807) is 10.9 Å². The molecule has 0 aromatic carbocycles. The van der Waals surface area contributed by atoms with Crippen LogP contribution < -0.4 is 5.32 Å². The van der Waals surface area contributed by atoms with Gasteiger partial charge in [0, 0.05) is 12.7 Å². The molecule has 17 heavy (non-hydrogen) atoms. The number of carbonyl (C=O) groups excluding carboxylic acids is 1. The number of hydrogen-bond donors (Lipinski definition) is 1. The van der Waals surface area contributed by atoms with Crippen molar-refractivity contribution >= 4 is 28.5 Å². The summed E-state index contributed by atoms with van der Waals surface area (Å²) in [7, 11) is 0. The molecular weight excluding hydrogens is 337 g/mol. The summed E-state index contributed by atoms with van der Waals surface area (Å²) in [4.78, 5) is 15.4. The Kier molecular flexibility index (Phi) is 3.71. The number of aromatic nitrogens is 4. The van der Waals surface area contributed by atoms with Gasteiger partial charge in [0.05, 0.1) is 9.77 Å². The molecular formula is C9H10IN5O2. The number of hydrogen-bond acceptors (Lipinski definition) is 5. The fourth-order valence-corrected chi connectivity index (χ4v) is 1.66. The molecule has 0 aliphatic rings. The summed E-state index contributed by atoms with van der Waals surface area (Å²) < 4.78 is 7.54. The third-order valence-electron chi connectivity index (χ3n) is 1.90. The Balaban J connectivity index is 2.06. The molecule has 2 aromatic heterocycles. The fourth-order valence-electron chi connectivity index (χ4n) is 1.22. The number of nitrogens with zero attached hydrogens (tertiary/aromatic N) is 4. The van der Waals surface area contributed by atoms with E-state index < -0.39 is 0 Å². The largest absolute Gasteiger partial charge is 0.348 e. The molecule has 2 heterocycles. The van der Waals surface area contributed by atoms with Gasteiger partial charge in [-0.25, -0.2) is 0 Å². The van der Waals surface area contributed by atoms with Crippen LogP contribution in [0.25, 0.3) is 0 Å².